The van der Waals surface area contributed by atoms with Crippen LogP contribution in [-0.2, 0) is 4.74 Å². The maximum Gasteiger partial charge on any atom is 0.339 e. The third kappa shape index (κ3) is 4.80. The molecule has 6 heteroatoms. The average Bonchev–Trinajstić information content (AvgIpc) is 2.34. The molecule has 1 aromatic rings. The van der Waals surface area contributed by atoms with Crippen LogP contribution in [0.2, 0.25) is 0 Å². The second-order valence-electron chi connectivity index (χ2n) is 3.32. The lowest BCUT2D eigenvalue weighted by atomic mass is 10.2. The highest BCUT2D eigenvalue weighted by atomic mass is 16.5. The highest BCUT2D eigenvalue weighted by molar-refractivity contribution is 5.92. The molecule has 1 heterocycles. The number of pyridine rings is 1. The standard InChI is InChI=1S/C11H16N2O4/c14-6-8-17-7-2-5-13-10-9(11(15)16)3-1-4-12-10/h1,3-4,14H,2,5-8H2,(H,12,13)(H,15,16). The largest absolute Gasteiger partial charge is 0.478 e. The first-order chi connectivity index (χ1) is 8.25. The predicted molar refractivity (Wildman–Crippen MR) is 62.2 cm³/mol. The Kier molecular flexibility index (Phi) is 5.98. The van der Waals surface area contributed by atoms with E-state index in [2.05, 4.69) is 10.3 Å². The maximum atomic E-state index is 10.9. The molecular weight excluding hydrogens is 224 g/mol. The molecule has 0 unspecified atom stereocenters. The summed E-state index contributed by atoms with van der Waals surface area (Å²) in [7, 11) is 0. The van der Waals surface area contributed by atoms with Gasteiger partial charge in [0.1, 0.15) is 11.4 Å². The molecule has 94 valence electrons. The third-order valence-corrected chi connectivity index (χ3v) is 2.03. The highest BCUT2D eigenvalue weighted by Crippen LogP contribution is 2.10. The Morgan fingerprint density at radius 3 is 3.00 bits per heavy atom. The molecule has 3 N–H and O–H groups in total. The molecule has 0 aromatic carbocycles. The Bertz CT molecular complexity index is 357. The molecule has 0 atom stereocenters. The molecule has 6 nitrogen and oxygen atoms in total. The van der Waals surface area contributed by atoms with E-state index in [9.17, 15) is 4.79 Å². The normalized spacial score (nSPS) is 10.2. The Hall–Kier alpha value is -1.66. The summed E-state index contributed by atoms with van der Waals surface area (Å²) in [6.45, 7) is 1.42. The first kappa shape index (κ1) is 13.4. The molecule has 0 aliphatic rings. The van der Waals surface area contributed by atoms with Crippen LogP contribution in [0.25, 0.3) is 0 Å². The van der Waals surface area contributed by atoms with Gasteiger partial charge in [0.2, 0.25) is 0 Å². The third-order valence-electron chi connectivity index (χ3n) is 2.03. The van der Waals surface area contributed by atoms with Crippen LogP contribution in [0, 0.1) is 0 Å². The average molecular weight is 240 g/mol. The first-order valence-electron chi connectivity index (χ1n) is 5.36. The zero-order chi connectivity index (χ0) is 12.5. The quantitative estimate of drug-likeness (QED) is 0.576. The van der Waals surface area contributed by atoms with Crippen molar-refractivity contribution in [1.29, 1.82) is 0 Å². The summed E-state index contributed by atoms with van der Waals surface area (Å²) >= 11 is 0. The van der Waals surface area contributed by atoms with E-state index in [-0.39, 0.29) is 12.2 Å². The van der Waals surface area contributed by atoms with Crippen LogP contribution in [0.15, 0.2) is 18.3 Å². The van der Waals surface area contributed by atoms with E-state index in [4.69, 9.17) is 14.9 Å². The van der Waals surface area contributed by atoms with Crippen molar-refractivity contribution < 1.29 is 19.7 Å². The lowest BCUT2D eigenvalue weighted by Crippen LogP contribution is -2.11. The minimum absolute atomic E-state index is 0.0107. The van der Waals surface area contributed by atoms with Crippen molar-refractivity contribution in [3.8, 4) is 0 Å². The zero-order valence-electron chi connectivity index (χ0n) is 9.43. The van der Waals surface area contributed by atoms with E-state index in [0.717, 1.165) is 6.42 Å². The van der Waals surface area contributed by atoms with Crippen molar-refractivity contribution >= 4 is 11.8 Å². The van der Waals surface area contributed by atoms with Crippen molar-refractivity contribution in [2.75, 3.05) is 31.7 Å². The van der Waals surface area contributed by atoms with Gasteiger partial charge >= 0.3 is 5.97 Å². The molecule has 0 amide bonds. The molecule has 0 fully saturated rings. The van der Waals surface area contributed by atoms with E-state index < -0.39 is 5.97 Å². The minimum atomic E-state index is -1.00. The Morgan fingerprint density at radius 1 is 1.47 bits per heavy atom. The van der Waals surface area contributed by atoms with Gasteiger partial charge in [-0.15, -0.1) is 0 Å². The monoisotopic (exact) mass is 240 g/mol. The fraction of sp³-hybridized carbons (Fsp3) is 0.455. The number of carboxylic acids is 1. The number of anilines is 1. The molecule has 0 aliphatic carbocycles. The van der Waals surface area contributed by atoms with Gasteiger partial charge in [-0.3, -0.25) is 0 Å². The van der Waals surface area contributed by atoms with Gasteiger partial charge in [-0.1, -0.05) is 0 Å². The smallest absolute Gasteiger partial charge is 0.339 e. The van der Waals surface area contributed by atoms with E-state index in [1.165, 1.54) is 12.3 Å². The van der Waals surface area contributed by atoms with Gasteiger partial charge in [-0.2, -0.15) is 0 Å². The van der Waals surface area contributed by atoms with Crippen LogP contribution in [-0.4, -0.2) is 47.5 Å². The molecule has 0 saturated carbocycles. The second kappa shape index (κ2) is 7.59. The van der Waals surface area contributed by atoms with Crippen molar-refractivity contribution in [2.24, 2.45) is 0 Å². The SMILES string of the molecule is O=C(O)c1cccnc1NCCCOCCO. The molecule has 17 heavy (non-hydrogen) atoms. The Labute approximate surface area is 99.3 Å². The number of nitrogens with zero attached hydrogens (tertiary/aromatic N) is 1. The summed E-state index contributed by atoms with van der Waals surface area (Å²) in [5, 5.41) is 20.3. The topological polar surface area (TPSA) is 91.7 Å². The van der Waals surface area contributed by atoms with Crippen molar-refractivity contribution in [2.45, 2.75) is 6.42 Å². The van der Waals surface area contributed by atoms with Gasteiger partial charge in [0.15, 0.2) is 0 Å². The van der Waals surface area contributed by atoms with Crippen LogP contribution >= 0.6 is 0 Å². The minimum Gasteiger partial charge on any atom is -0.478 e. The number of nitrogens with one attached hydrogen (secondary N) is 1. The molecule has 1 rings (SSSR count). The summed E-state index contributed by atoms with van der Waals surface area (Å²) < 4.78 is 5.07. The van der Waals surface area contributed by atoms with Gasteiger partial charge in [-0.05, 0) is 18.6 Å². The number of hydrogen-bond acceptors (Lipinski definition) is 5. The number of aromatic nitrogens is 1. The van der Waals surface area contributed by atoms with E-state index >= 15 is 0 Å². The zero-order valence-corrected chi connectivity index (χ0v) is 9.43. The number of carbonyl (C=O) groups is 1. The number of aliphatic hydroxyl groups is 1. The molecule has 1 aromatic heterocycles. The van der Waals surface area contributed by atoms with Crippen LogP contribution in [0.4, 0.5) is 5.82 Å². The Morgan fingerprint density at radius 2 is 2.29 bits per heavy atom. The number of hydrogen-bond donors (Lipinski definition) is 3. The summed E-state index contributed by atoms with van der Waals surface area (Å²) in [5.74, 6) is -0.640. The second-order valence-corrected chi connectivity index (χ2v) is 3.32. The van der Waals surface area contributed by atoms with E-state index in [1.807, 2.05) is 0 Å². The highest BCUT2D eigenvalue weighted by Gasteiger charge is 2.09. The van der Waals surface area contributed by atoms with Gasteiger partial charge in [-0.25, -0.2) is 9.78 Å². The number of aliphatic hydroxyl groups excluding tert-OH is 1. The van der Waals surface area contributed by atoms with Crippen LogP contribution < -0.4 is 5.32 Å². The van der Waals surface area contributed by atoms with Gasteiger partial charge in [0.05, 0.1) is 13.2 Å². The summed E-state index contributed by atoms with van der Waals surface area (Å²) in [5.41, 5.74) is 0.156. The van der Waals surface area contributed by atoms with Gasteiger partial charge < -0.3 is 20.3 Å². The van der Waals surface area contributed by atoms with Crippen molar-refractivity contribution in [3.63, 3.8) is 0 Å². The van der Waals surface area contributed by atoms with E-state index in [0.29, 0.717) is 25.6 Å². The van der Waals surface area contributed by atoms with E-state index in [1.54, 1.807) is 6.07 Å². The fourth-order valence-corrected chi connectivity index (χ4v) is 1.27. The maximum absolute atomic E-state index is 10.9. The summed E-state index contributed by atoms with van der Waals surface area (Å²) in [6.07, 6.45) is 2.26. The Balaban J connectivity index is 2.34. The molecule has 0 bridgehead atoms. The van der Waals surface area contributed by atoms with Gasteiger partial charge in [0, 0.05) is 19.3 Å². The number of rotatable bonds is 8. The molecule has 0 radical (unpaired) electrons. The number of aromatic carboxylic acids is 1. The van der Waals surface area contributed by atoms with Crippen molar-refractivity contribution in [3.05, 3.63) is 23.9 Å². The number of carboxylic acid groups (broad SMARTS) is 1. The molecule has 0 aliphatic heterocycles. The first-order valence-corrected chi connectivity index (χ1v) is 5.36. The number of ether oxygens (including phenoxy) is 1. The summed E-state index contributed by atoms with van der Waals surface area (Å²) in [4.78, 5) is 14.8. The molecule has 0 saturated heterocycles. The lowest BCUT2D eigenvalue weighted by Gasteiger charge is -2.08. The lowest BCUT2D eigenvalue weighted by molar-refractivity contribution is 0.0697. The molecule has 0 spiro atoms. The predicted octanol–water partition coefficient (Wildman–Crippen LogP) is 0.591. The fourth-order valence-electron chi connectivity index (χ4n) is 1.27. The molecular formula is C11H16N2O4. The van der Waals surface area contributed by atoms with Crippen LogP contribution in [0.5, 0.6) is 0 Å². The van der Waals surface area contributed by atoms with Crippen LogP contribution in [0.3, 0.4) is 0 Å². The summed E-state index contributed by atoms with van der Waals surface area (Å²) in [6, 6.07) is 3.08. The van der Waals surface area contributed by atoms with Crippen LogP contribution in [0.1, 0.15) is 16.8 Å². The van der Waals surface area contributed by atoms with Gasteiger partial charge in [0.25, 0.3) is 0 Å². The van der Waals surface area contributed by atoms with Crippen molar-refractivity contribution in [1.82, 2.24) is 4.98 Å².